The number of carbonyl (C=O) groups excluding carboxylic acids is 2. The minimum absolute atomic E-state index is 0.113. The van der Waals surface area contributed by atoms with E-state index in [9.17, 15) is 9.59 Å². The molecule has 1 aromatic heterocycles. The molecule has 1 unspecified atom stereocenters. The number of aromatic nitrogens is 2. The van der Waals surface area contributed by atoms with Gasteiger partial charge in [0.05, 0.1) is 18.4 Å². The van der Waals surface area contributed by atoms with Crippen LogP contribution in [0.1, 0.15) is 37.6 Å². The maximum absolute atomic E-state index is 12.3. The molecule has 0 aliphatic carbocycles. The van der Waals surface area contributed by atoms with Crippen molar-refractivity contribution in [1.29, 1.82) is 0 Å². The number of benzene rings is 1. The summed E-state index contributed by atoms with van der Waals surface area (Å²) in [4.78, 5) is 37.0. The summed E-state index contributed by atoms with van der Waals surface area (Å²) in [7, 11) is 3.30. The molecular weight excluding hydrogens is 360 g/mol. The lowest BCUT2D eigenvalue weighted by atomic mass is 10.1. The van der Waals surface area contributed by atoms with Gasteiger partial charge in [-0.05, 0) is 39.3 Å². The van der Waals surface area contributed by atoms with Crippen LogP contribution in [0.2, 0.25) is 0 Å². The molecule has 0 saturated carbocycles. The van der Waals surface area contributed by atoms with Crippen molar-refractivity contribution >= 4 is 28.8 Å². The summed E-state index contributed by atoms with van der Waals surface area (Å²) in [5.74, 6) is -0.448. The zero-order valence-electron chi connectivity index (χ0n) is 16.9. The van der Waals surface area contributed by atoms with Crippen molar-refractivity contribution in [2.45, 2.75) is 38.8 Å². The third kappa shape index (κ3) is 4.00. The van der Waals surface area contributed by atoms with Gasteiger partial charge in [0.1, 0.15) is 16.6 Å². The molecule has 8 heteroatoms. The Labute approximate surface area is 164 Å². The summed E-state index contributed by atoms with van der Waals surface area (Å²) in [6.45, 7) is 6.77. The fraction of sp³-hybridized carbons (Fsp3) is 0.500. The number of rotatable bonds is 3. The van der Waals surface area contributed by atoms with Crippen LogP contribution in [-0.2, 0) is 9.47 Å². The van der Waals surface area contributed by atoms with Crippen LogP contribution in [0.15, 0.2) is 24.5 Å². The Balaban J connectivity index is 1.84. The maximum Gasteiger partial charge on any atom is 0.410 e. The predicted molar refractivity (Wildman–Crippen MR) is 105 cm³/mol. The van der Waals surface area contributed by atoms with E-state index >= 15 is 0 Å². The van der Waals surface area contributed by atoms with Crippen molar-refractivity contribution in [2.75, 3.05) is 32.1 Å². The number of anilines is 1. The molecule has 1 aliphatic rings. The van der Waals surface area contributed by atoms with E-state index in [1.807, 2.05) is 33.9 Å². The molecule has 1 aromatic carbocycles. The Morgan fingerprint density at radius 2 is 1.86 bits per heavy atom. The summed E-state index contributed by atoms with van der Waals surface area (Å²) in [6.07, 6.45) is 3.67. The highest BCUT2D eigenvalue weighted by molar-refractivity contribution is 6.05. The Bertz CT molecular complexity index is 893. The van der Waals surface area contributed by atoms with Gasteiger partial charge in [0.25, 0.3) is 0 Å². The normalized spacial score (nSPS) is 16.9. The fourth-order valence-electron chi connectivity index (χ4n) is 3.35. The second-order valence-corrected chi connectivity index (χ2v) is 7.86. The molecular formula is C20H26N4O4. The molecule has 8 nitrogen and oxygen atoms in total. The number of likely N-dealkylation sites (tertiary alicyclic amines) is 1. The van der Waals surface area contributed by atoms with Gasteiger partial charge in [-0.15, -0.1) is 0 Å². The first-order valence-electron chi connectivity index (χ1n) is 9.24. The van der Waals surface area contributed by atoms with Crippen molar-refractivity contribution in [3.63, 3.8) is 0 Å². The molecule has 28 heavy (non-hydrogen) atoms. The molecule has 1 fully saturated rings. The smallest absolute Gasteiger partial charge is 0.410 e. The highest BCUT2D eigenvalue weighted by Gasteiger charge is 2.32. The summed E-state index contributed by atoms with van der Waals surface area (Å²) >= 11 is 0. The minimum atomic E-state index is -0.517. The molecule has 1 amide bonds. The number of methoxy groups -OCH3 is 1. The van der Waals surface area contributed by atoms with E-state index in [-0.39, 0.29) is 12.1 Å². The average Bonchev–Trinajstić information content (AvgIpc) is 3.15. The van der Waals surface area contributed by atoms with Crippen LogP contribution in [0.5, 0.6) is 0 Å². The largest absolute Gasteiger partial charge is 0.465 e. The fourth-order valence-corrected chi connectivity index (χ4v) is 3.35. The number of likely N-dealkylation sites (N-methyl/N-ethyl adjacent to an activating group) is 1. The van der Waals surface area contributed by atoms with Crippen LogP contribution in [0.25, 0.3) is 11.0 Å². The summed E-state index contributed by atoms with van der Waals surface area (Å²) in [5.41, 5.74) is 1.84. The van der Waals surface area contributed by atoms with Crippen LogP contribution in [0, 0.1) is 0 Å². The second-order valence-electron chi connectivity index (χ2n) is 7.86. The molecule has 1 saturated heterocycles. The van der Waals surface area contributed by atoms with E-state index in [2.05, 4.69) is 14.9 Å². The predicted octanol–water partition coefficient (Wildman–Crippen LogP) is 2.86. The van der Waals surface area contributed by atoms with Crippen LogP contribution >= 0.6 is 0 Å². The SMILES string of the molecule is COC(=O)c1ccc(N(C)C2CCN(C(=O)OC(C)(C)C)C2)c2nccnc12. The Morgan fingerprint density at radius 3 is 2.50 bits per heavy atom. The van der Waals surface area contributed by atoms with Crippen LogP contribution in [-0.4, -0.2) is 65.8 Å². The first-order chi connectivity index (χ1) is 13.2. The van der Waals surface area contributed by atoms with Crippen LogP contribution in [0.4, 0.5) is 10.5 Å². The van der Waals surface area contributed by atoms with Crippen molar-refractivity contribution in [2.24, 2.45) is 0 Å². The lowest BCUT2D eigenvalue weighted by molar-refractivity contribution is 0.0292. The number of hydrogen-bond acceptors (Lipinski definition) is 7. The van der Waals surface area contributed by atoms with Crippen LogP contribution < -0.4 is 4.90 Å². The van der Waals surface area contributed by atoms with E-state index in [1.165, 1.54) is 7.11 Å². The first-order valence-corrected chi connectivity index (χ1v) is 9.24. The van der Waals surface area contributed by atoms with Crippen molar-refractivity contribution in [1.82, 2.24) is 14.9 Å². The van der Waals surface area contributed by atoms with Gasteiger partial charge < -0.3 is 19.3 Å². The van der Waals surface area contributed by atoms with Gasteiger partial charge in [0.15, 0.2) is 0 Å². The monoisotopic (exact) mass is 386 g/mol. The topological polar surface area (TPSA) is 84.9 Å². The quantitative estimate of drug-likeness (QED) is 0.750. The zero-order valence-corrected chi connectivity index (χ0v) is 16.9. The molecule has 2 aromatic rings. The van der Waals surface area contributed by atoms with Gasteiger partial charge in [0, 0.05) is 38.6 Å². The lowest BCUT2D eigenvalue weighted by Gasteiger charge is -2.28. The average molecular weight is 386 g/mol. The number of esters is 1. The van der Waals surface area contributed by atoms with Crippen molar-refractivity contribution in [3.05, 3.63) is 30.1 Å². The zero-order chi connectivity index (χ0) is 20.5. The first kappa shape index (κ1) is 19.9. The molecule has 0 bridgehead atoms. The molecule has 0 radical (unpaired) electrons. The number of hydrogen-bond donors (Lipinski definition) is 0. The highest BCUT2D eigenvalue weighted by Crippen LogP contribution is 2.30. The number of nitrogens with zero attached hydrogens (tertiary/aromatic N) is 4. The number of fused-ring (bicyclic) bond motifs is 1. The van der Waals surface area contributed by atoms with E-state index in [1.54, 1.807) is 23.4 Å². The van der Waals surface area contributed by atoms with Gasteiger partial charge in [-0.3, -0.25) is 9.97 Å². The molecule has 1 aliphatic heterocycles. The van der Waals surface area contributed by atoms with E-state index in [0.717, 1.165) is 12.1 Å². The van der Waals surface area contributed by atoms with Gasteiger partial charge in [-0.2, -0.15) is 0 Å². The van der Waals surface area contributed by atoms with Crippen molar-refractivity contribution in [3.8, 4) is 0 Å². The third-order valence-corrected chi connectivity index (χ3v) is 4.75. The van der Waals surface area contributed by atoms with Crippen molar-refractivity contribution < 1.29 is 19.1 Å². The Hall–Kier alpha value is -2.90. The second kappa shape index (κ2) is 7.61. The van der Waals surface area contributed by atoms with E-state index < -0.39 is 11.6 Å². The Morgan fingerprint density at radius 1 is 1.18 bits per heavy atom. The molecule has 0 N–H and O–H groups in total. The maximum atomic E-state index is 12.3. The lowest BCUT2D eigenvalue weighted by Crippen LogP contribution is -2.39. The number of amides is 1. The van der Waals surface area contributed by atoms with Crippen LogP contribution in [0.3, 0.4) is 0 Å². The number of ether oxygens (including phenoxy) is 2. The summed E-state index contributed by atoms with van der Waals surface area (Å²) < 4.78 is 10.3. The summed E-state index contributed by atoms with van der Waals surface area (Å²) in [5, 5.41) is 0. The van der Waals surface area contributed by atoms with Gasteiger partial charge in [-0.1, -0.05) is 0 Å². The minimum Gasteiger partial charge on any atom is -0.465 e. The van der Waals surface area contributed by atoms with Gasteiger partial charge in [0.2, 0.25) is 0 Å². The van der Waals surface area contributed by atoms with E-state index in [0.29, 0.717) is 29.7 Å². The highest BCUT2D eigenvalue weighted by atomic mass is 16.6. The van der Waals surface area contributed by atoms with Gasteiger partial charge in [-0.25, -0.2) is 9.59 Å². The molecule has 3 rings (SSSR count). The molecule has 2 heterocycles. The molecule has 150 valence electrons. The van der Waals surface area contributed by atoms with E-state index in [4.69, 9.17) is 9.47 Å². The number of carbonyl (C=O) groups is 2. The Kier molecular flexibility index (Phi) is 5.40. The standard InChI is InChI=1S/C20H26N4O4/c1-20(2,3)28-19(26)24-11-8-13(12-24)23(4)15-7-6-14(18(25)27-5)16-17(15)22-10-9-21-16/h6-7,9-10,13H,8,11-12H2,1-5H3. The van der Waals surface area contributed by atoms with Gasteiger partial charge >= 0.3 is 12.1 Å². The molecule has 0 spiro atoms. The third-order valence-electron chi connectivity index (χ3n) is 4.75. The summed E-state index contributed by atoms with van der Waals surface area (Å²) in [6, 6.07) is 3.66. The molecule has 1 atom stereocenters.